The van der Waals surface area contributed by atoms with E-state index >= 15 is 0 Å². The van der Waals surface area contributed by atoms with Crippen molar-refractivity contribution in [1.82, 2.24) is 15.1 Å². The van der Waals surface area contributed by atoms with Crippen molar-refractivity contribution in [3.8, 4) is 0 Å². The zero-order chi connectivity index (χ0) is 21.0. The van der Waals surface area contributed by atoms with Crippen molar-refractivity contribution in [3.63, 3.8) is 0 Å². The molecule has 0 radical (unpaired) electrons. The molecule has 0 bridgehead atoms. The van der Waals surface area contributed by atoms with Gasteiger partial charge in [0.2, 0.25) is 0 Å². The molecule has 3 rings (SSSR count). The Balaban J connectivity index is 1.52. The first-order valence-corrected chi connectivity index (χ1v) is 9.74. The van der Waals surface area contributed by atoms with E-state index in [0.717, 1.165) is 30.2 Å². The maximum Gasteiger partial charge on any atom is 0.317 e. The van der Waals surface area contributed by atoms with Gasteiger partial charge in [-0.1, -0.05) is 0 Å². The summed E-state index contributed by atoms with van der Waals surface area (Å²) in [6.45, 7) is 1.08. The number of non-ortho nitro benzene ring substituents is 1. The van der Waals surface area contributed by atoms with E-state index in [1.165, 1.54) is 12.1 Å². The third kappa shape index (κ3) is 4.37. The molecule has 10 heteroatoms. The van der Waals surface area contributed by atoms with Crippen molar-refractivity contribution >= 4 is 23.5 Å². The molecular weight excluding hydrogens is 380 g/mol. The van der Waals surface area contributed by atoms with E-state index in [4.69, 9.17) is 5.11 Å². The molecule has 2 N–H and O–H groups in total. The second kappa shape index (κ2) is 8.99. The van der Waals surface area contributed by atoms with Crippen LogP contribution < -0.4 is 5.32 Å². The maximum absolute atomic E-state index is 12.4. The van der Waals surface area contributed by atoms with E-state index in [-0.39, 0.29) is 48.6 Å². The van der Waals surface area contributed by atoms with Gasteiger partial charge in [-0.3, -0.25) is 24.6 Å². The van der Waals surface area contributed by atoms with Crippen molar-refractivity contribution in [2.75, 3.05) is 26.2 Å². The van der Waals surface area contributed by atoms with Gasteiger partial charge in [0.1, 0.15) is 0 Å². The molecule has 1 aromatic carbocycles. The first kappa shape index (κ1) is 20.7. The summed E-state index contributed by atoms with van der Waals surface area (Å²) in [4.78, 5) is 50.3. The van der Waals surface area contributed by atoms with Crippen LogP contribution in [0.15, 0.2) is 18.2 Å². The molecule has 1 fully saturated rings. The Labute approximate surface area is 167 Å². The van der Waals surface area contributed by atoms with Crippen LogP contribution in [0.2, 0.25) is 0 Å². The van der Waals surface area contributed by atoms with Gasteiger partial charge in [-0.25, -0.2) is 4.79 Å². The fourth-order valence-corrected chi connectivity index (χ4v) is 3.85. The summed E-state index contributed by atoms with van der Waals surface area (Å²) in [5.41, 5.74) is -0.0452. The largest absolute Gasteiger partial charge is 0.396 e. The number of fused-ring (bicyclic) bond motifs is 1. The fourth-order valence-electron chi connectivity index (χ4n) is 3.85. The number of aliphatic hydroxyl groups is 1. The molecule has 156 valence electrons. The number of piperidine rings is 1. The van der Waals surface area contributed by atoms with E-state index in [9.17, 15) is 24.5 Å². The lowest BCUT2D eigenvalue weighted by Gasteiger charge is -2.35. The van der Waals surface area contributed by atoms with Crippen molar-refractivity contribution in [3.05, 3.63) is 39.4 Å². The molecule has 4 amide bonds. The van der Waals surface area contributed by atoms with Gasteiger partial charge in [0.15, 0.2) is 0 Å². The monoisotopic (exact) mass is 404 g/mol. The number of nitro groups is 1. The highest BCUT2D eigenvalue weighted by Gasteiger charge is 2.36. The molecule has 1 atom stereocenters. The molecule has 1 aromatic rings. The van der Waals surface area contributed by atoms with Gasteiger partial charge in [-0.15, -0.1) is 0 Å². The summed E-state index contributed by atoms with van der Waals surface area (Å²) in [5.74, 6) is -1.04. The average molecular weight is 404 g/mol. The molecule has 29 heavy (non-hydrogen) atoms. The van der Waals surface area contributed by atoms with Crippen LogP contribution in [-0.4, -0.2) is 70.0 Å². The summed E-state index contributed by atoms with van der Waals surface area (Å²) >= 11 is 0. The predicted octanol–water partition coefficient (Wildman–Crippen LogP) is 1.53. The molecule has 0 spiro atoms. The Hall–Kier alpha value is -3.01. The van der Waals surface area contributed by atoms with E-state index in [0.29, 0.717) is 19.4 Å². The van der Waals surface area contributed by atoms with Gasteiger partial charge < -0.3 is 15.3 Å². The number of amides is 4. The molecule has 2 aliphatic rings. The zero-order valence-corrected chi connectivity index (χ0v) is 16.0. The number of likely N-dealkylation sites (tertiary alicyclic amines) is 1. The number of nitrogens with one attached hydrogen (secondary N) is 1. The maximum atomic E-state index is 12.4. The minimum absolute atomic E-state index is 0.0285. The molecule has 2 heterocycles. The normalized spacial score (nSPS) is 18.7. The van der Waals surface area contributed by atoms with Crippen LogP contribution >= 0.6 is 0 Å². The van der Waals surface area contributed by atoms with Crippen LogP contribution in [0.5, 0.6) is 0 Å². The summed E-state index contributed by atoms with van der Waals surface area (Å²) in [5, 5.41) is 22.8. The lowest BCUT2D eigenvalue weighted by molar-refractivity contribution is -0.384. The van der Waals surface area contributed by atoms with E-state index < -0.39 is 16.7 Å². The number of nitro benzene ring substituents is 1. The quantitative estimate of drug-likeness (QED) is 0.306. The van der Waals surface area contributed by atoms with E-state index in [1.807, 2.05) is 0 Å². The van der Waals surface area contributed by atoms with E-state index in [1.54, 1.807) is 4.90 Å². The Morgan fingerprint density at radius 2 is 2.00 bits per heavy atom. The summed E-state index contributed by atoms with van der Waals surface area (Å²) in [6, 6.07) is 3.44. The Bertz CT molecular complexity index is 825. The minimum Gasteiger partial charge on any atom is -0.396 e. The van der Waals surface area contributed by atoms with Crippen LogP contribution in [0.3, 0.4) is 0 Å². The van der Waals surface area contributed by atoms with Crippen molar-refractivity contribution in [1.29, 1.82) is 0 Å². The number of hydrogen-bond donors (Lipinski definition) is 2. The number of hydrogen-bond acceptors (Lipinski definition) is 6. The van der Waals surface area contributed by atoms with Crippen molar-refractivity contribution in [2.45, 2.75) is 38.1 Å². The number of carbonyl (C=O) groups excluding carboxylic acids is 3. The molecule has 0 aromatic heterocycles. The van der Waals surface area contributed by atoms with Gasteiger partial charge in [-0.05, 0) is 38.2 Å². The first-order valence-electron chi connectivity index (χ1n) is 9.74. The minimum atomic E-state index is -0.610. The van der Waals surface area contributed by atoms with Crippen LogP contribution in [0, 0.1) is 10.1 Å². The van der Waals surface area contributed by atoms with Gasteiger partial charge in [0, 0.05) is 44.4 Å². The Morgan fingerprint density at radius 3 is 2.72 bits per heavy atom. The number of rotatable bonds is 7. The van der Waals surface area contributed by atoms with Gasteiger partial charge in [0.25, 0.3) is 17.5 Å². The summed E-state index contributed by atoms with van der Waals surface area (Å²) in [7, 11) is 0. The molecule has 10 nitrogen and oxygen atoms in total. The second-order valence-electron chi connectivity index (χ2n) is 7.19. The Morgan fingerprint density at radius 1 is 1.24 bits per heavy atom. The van der Waals surface area contributed by atoms with Crippen LogP contribution in [0.1, 0.15) is 52.8 Å². The van der Waals surface area contributed by atoms with Crippen LogP contribution in [-0.2, 0) is 0 Å². The highest BCUT2D eigenvalue weighted by atomic mass is 16.6. The highest BCUT2D eigenvalue weighted by molar-refractivity contribution is 6.21. The highest BCUT2D eigenvalue weighted by Crippen LogP contribution is 2.26. The van der Waals surface area contributed by atoms with Gasteiger partial charge in [0.05, 0.1) is 16.1 Å². The number of urea groups is 1. The average Bonchev–Trinajstić information content (AvgIpc) is 2.95. The van der Waals surface area contributed by atoms with Crippen LogP contribution in [0.4, 0.5) is 10.5 Å². The summed E-state index contributed by atoms with van der Waals surface area (Å²) < 4.78 is 0. The molecule has 1 unspecified atom stereocenters. The molecule has 2 aliphatic heterocycles. The van der Waals surface area contributed by atoms with Crippen LogP contribution in [0.25, 0.3) is 0 Å². The third-order valence-corrected chi connectivity index (χ3v) is 5.35. The SMILES string of the molecule is O=C1c2ccc([N+](=O)[O-])cc2C(=O)N1CCCNC(=O)N1CCCCC1CCO. The fraction of sp³-hybridized carbons (Fsp3) is 0.526. The second-order valence-corrected chi connectivity index (χ2v) is 7.19. The van der Waals surface area contributed by atoms with Crippen molar-refractivity contribution in [2.24, 2.45) is 0 Å². The molecule has 1 saturated heterocycles. The number of benzene rings is 1. The third-order valence-electron chi connectivity index (χ3n) is 5.35. The van der Waals surface area contributed by atoms with Crippen molar-refractivity contribution < 1.29 is 24.4 Å². The van der Waals surface area contributed by atoms with Gasteiger partial charge in [-0.2, -0.15) is 0 Å². The summed E-state index contributed by atoms with van der Waals surface area (Å²) in [6.07, 6.45) is 3.75. The predicted molar refractivity (Wildman–Crippen MR) is 103 cm³/mol. The number of nitrogens with zero attached hydrogens (tertiary/aromatic N) is 3. The van der Waals surface area contributed by atoms with E-state index in [2.05, 4.69) is 5.32 Å². The zero-order valence-electron chi connectivity index (χ0n) is 16.0. The smallest absolute Gasteiger partial charge is 0.317 e. The molecular formula is C19H24N4O6. The standard InChI is InChI=1S/C19H24N4O6/c24-11-7-13-4-1-2-9-21(13)19(27)20-8-3-10-22-17(25)15-6-5-14(23(28)29)12-16(15)18(22)26/h5-6,12-13,24H,1-4,7-11H2,(H,20,27). The number of imide groups is 1. The topological polar surface area (TPSA) is 133 Å². The van der Waals surface area contributed by atoms with Gasteiger partial charge >= 0.3 is 6.03 Å². The lowest BCUT2D eigenvalue weighted by atomic mass is 10.0. The lowest BCUT2D eigenvalue weighted by Crippen LogP contribution is -2.49. The first-order chi connectivity index (χ1) is 13.9. The number of aliphatic hydroxyl groups excluding tert-OH is 1. The molecule has 0 saturated carbocycles. The Kier molecular flexibility index (Phi) is 6.42. The molecule has 0 aliphatic carbocycles. The number of carbonyl (C=O) groups is 3.